The van der Waals surface area contributed by atoms with Crippen LogP contribution in [0.15, 0.2) is 182 Å². The highest BCUT2D eigenvalue weighted by atomic mass is 32.1. The number of nitrogens with zero attached hydrogens (tertiary/aromatic N) is 4. The van der Waals surface area contributed by atoms with E-state index in [1.54, 1.807) is 0 Å². The molecule has 60 heavy (non-hydrogen) atoms. The number of thiophene rings is 1. The normalized spacial score (nSPS) is 13.0. The molecule has 3 aromatic heterocycles. The molecule has 0 atom stereocenters. The second kappa shape index (κ2) is 13.3. The van der Waals surface area contributed by atoms with Crippen LogP contribution in [0.1, 0.15) is 25.0 Å². The second-order valence-corrected chi connectivity index (χ2v) is 17.2. The van der Waals surface area contributed by atoms with Gasteiger partial charge in [-0.25, -0.2) is 19.9 Å². The highest BCUT2D eigenvalue weighted by Gasteiger charge is 2.35. The van der Waals surface area contributed by atoms with Gasteiger partial charge in [-0.2, -0.15) is 0 Å². The molecule has 5 heteroatoms. The third kappa shape index (κ3) is 5.36. The number of aromatic nitrogens is 4. The molecule has 282 valence electrons. The predicted octanol–water partition coefficient (Wildman–Crippen LogP) is 14.6. The summed E-state index contributed by atoms with van der Waals surface area (Å²) in [5, 5.41) is 6.10. The molecule has 8 aromatic carbocycles. The summed E-state index contributed by atoms with van der Waals surface area (Å²) in [7, 11) is 0. The Morgan fingerprint density at radius 3 is 1.80 bits per heavy atom. The molecule has 4 nitrogen and oxygen atoms in total. The van der Waals surface area contributed by atoms with E-state index in [-0.39, 0.29) is 5.41 Å². The minimum absolute atomic E-state index is 0.0785. The van der Waals surface area contributed by atoms with Gasteiger partial charge in [0.15, 0.2) is 17.5 Å². The molecule has 11 aromatic rings. The van der Waals surface area contributed by atoms with Crippen LogP contribution in [0.2, 0.25) is 0 Å². The summed E-state index contributed by atoms with van der Waals surface area (Å²) < 4.78 is 2.51. The molecule has 0 bridgehead atoms. The molecule has 0 saturated heterocycles. The summed E-state index contributed by atoms with van der Waals surface area (Å²) in [4.78, 5) is 20.7. The average molecular weight is 785 g/mol. The smallest absolute Gasteiger partial charge is 0.164 e. The van der Waals surface area contributed by atoms with Crippen LogP contribution in [0.25, 0.3) is 110 Å². The van der Waals surface area contributed by atoms with Gasteiger partial charge in [0.05, 0.1) is 11.2 Å². The van der Waals surface area contributed by atoms with Gasteiger partial charge in [0, 0.05) is 64.0 Å². The summed E-state index contributed by atoms with van der Waals surface area (Å²) in [5.74, 6) is 1.95. The number of para-hydroxylation sites is 1. The molecular formula is C55H36N4S. The van der Waals surface area contributed by atoms with Gasteiger partial charge in [0.2, 0.25) is 0 Å². The largest absolute Gasteiger partial charge is 0.247 e. The van der Waals surface area contributed by atoms with Crippen molar-refractivity contribution < 1.29 is 0 Å². The van der Waals surface area contributed by atoms with Crippen molar-refractivity contribution in [2.24, 2.45) is 0 Å². The Morgan fingerprint density at radius 1 is 0.383 bits per heavy atom. The zero-order chi connectivity index (χ0) is 40.0. The molecule has 1 aliphatic rings. The van der Waals surface area contributed by atoms with E-state index in [1.807, 2.05) is 29.5 Å². The molecule has 3 heterocycles. The van der Waals surface area contributed by atoms with E-state index in [0.29, 0.717) is 17.5 Å². The summed E-state index contributed by atoms with van der Waals surface area (Å²) in [6, 6.07) is 64.7. The van der Waals surface area contributed by atoms with Crippen LogP contribution in [-0.4, -0.2) is 19.9 Å². The molecular weight excluding hydrogens is 749 g/mol. The van der Waals surface area contributed by atoms with E-state index in [9.17, 15) is 0 Å². The van der Waals surface area contributed by atoms with Crippen molar-refractivity contribution in [1.29, 1.82) is 0 Å². The van der Waals surface area contributed by atoms with Crippen LogP contribution in [0, 0.1) is 0 Å². The summed E-state index contributed by atoms with van der Waals surface area (Å²) in [6.07, 6.45) is 0. The fraction of sp³-hybridized carbons (Fsp3) is 0.0545. The first-order valence-electron chi connectivity index (χ1n) is 20.4. The minimum atomic E-state index is -0.0785. The fourth-order valence-corrected chi connectivity index (χ4v) is 10.7. The van der Waals surface area contributed by atoms with Gasteiger partial charge >= 0.3 is 0 Å². The van der Waals surface area contributed by atoms with Crippen LogP contribution < -0.4 is 0 Å². The Labute approximate surface area is 351 Å². The highest BCUT2D eigenvalue weighted by Crippen LogP contribution is 2.50. The van der Waals surface area contributed by atoms with Gasteiger partial charge in [0.1, 0.15) is 0 Å². The molecule has 0 aliphatic heterocycles. The SMILES string of the molecule is CC1(C)c2ccccc2-c2cc(-c3nc(-c4ccccc4)nc(-c4cccc(-c5cccc6c5sc5ccc7c(-c8ccccc8)nc8ccccc8c7c56)c4)n3)ccc21. The molecule has 0 amide bonds. The number of hydrogen-bond donors (Lipinski definition) is 0. The van der Waals surface area contributed by atoms with E-state index < -0.39 is 0 Å². The van der Waals surface area contributed by atoms with E-state index in [1.165, 1.54) is 58.8 Å². The summed E-state index contributed by atoms with van der Waals surface area (Å²) in [5.41, 5.74) is 13.4. The van der Waals surface area contributed by atoms with Crippen molar-refractivity contribution in [2.75, 3.05) is 0 Å². The van der Waals surface area contributed by atoms with Gasteiger partial charge in [-0.1, -0.05) is 172 Å². The second-order valence-electron chi connectivity index (χ2n) is 16.2. The molecule has 0 saturated carbocycles. The fourth-order valence-electron chi connectivity index (χ4n) is 9.41. The van der Waals surface area contributed by atoms with Crippen LogP contribution in [-0.2, 0) is 5.41 Å². The summed E-state index contributed by atoms with van der Waals surface area (Å²) >= 11 is 1.85. The van der Waals surface area contributed by atoms with E-state index >= 15 is 0 Å². The lowest BCUT2D eigenvalue weighted by atomic mass is 9.82. The number of hydrogen-bond acceptors (Lipinski definition) is 5. The number of rotatable bonds is 5. The standard InChI is InChI=1S/C55H36N4S/c1-55(2)44-25-11-9-21-39(44)43-32-37(27-29-45(43)55)54-58-52(34-17-7-4-8-18-34)57-53(59-54)36-20-13-19-35(31-36)38-23-14-24-42-49-47(60-51(38)42)30-28-41-48(49)40-22-10-12-26-46(40)56-50(41)33-15-5-3-6-16-33/h3-32H,1-2H3. The maximum atomic E-state index is 5.22. The third-order valence-electron chi connectivity index (χ3n) is 12.3. The van der Waals surface area contributed by atoms with Crippen molar-refractivity contribution in [3.63, 3.8) is 0 Å². The molecule has 0 fully saturated rings. The number of benzene rings is 8. The monoisotopic (exact) mass is 784 g/mol. The first-order valence-corrected chi connectivity index (χ1v) is 21.2. The van der Waals surface area contributed by atoms with Crippen LogP contribution in [0.3, 0.4) is 0 Å². The van der Waals surface area contributed by atoms with Crippen molar-refractivity contribution in [2.45, 2.75) is 19.3 Å². The first kappa shape index (κ1) is 34.7. The maximum Gasteiger partial charge on any atom is 0.164 e. The molecule has 0 spiro atoms. The molecule has 0 N–H and O–H groups in total. The van der Waals surface area contributed by atoms with Gasteiger partial charge in [0.25, 0.3) is 0 Å². The predicted molar refractivity (Wildman–Crippen MR) is 250 cm³/mol. The maximum absolute atomic E-state index is 5.22. The highest BCUT2D eigenvalue weighted by molar-refractivity contribution is 7.26. The Kier molecular flexibility index (Phi) is 7.72. The topological polar surface area (TPSA) is 51.6 Å². The molecule has 0 unspecified atom stereocenters. The van der Waals surface area contributed by atoms with Crippen molar-refractivity contribution in [1.82, 2.24) is 19.9 Å². The number of pyridine rings is 1. The Morgan fingerprint density at radius 2 is 0.983 bits per heavy atom. The minimum Gasteiger partial charge on any atom is -0.247 e. The Bertz CT molecular complexity index is 3520. The first-order chi connectivity index (χ1) is 29.5. The van der Waals surface area contributed by atoms with Crippen molar-refractivity contribution in [3.8, 4) is 67.7 Å². The Balaban J connectivity index is 1.03. The zero-order valence-corrected chi connectivity index (χ0v) is 33.8. The van der Waals surface area contributed by atoms with E-state index in [4.69, 9.17) is 19.9 Å². The van der Waals surface area contributed by atoms with Gasteiger partial charge < -0.3 is 0 Å². The number of fused-ring (bicyclic) bond motifs is 10. The van der Waals surface area contributed by atoms with E-state index in [0.717, 1.165) is 44.4 Å². The lowest BCUT2D eigenvalue weighted by molar-refractivity contribution is 0.660. The zero-order valence-electron chi connectivity index (χ0n) is 33.0. The van der Waals surface area contributed by atoms with Crippen LogP contribution >= 0.6 is 11.3 Å². The van der Waals surface area contributed by atoms with Crippen molar-refractivity contribution >= 4 is 53.2 Å². The lowest BCUT2D eigenvalue weighted by Crippen LogP contribution is -2.14. The van der Waals surface area contributed by atoms with Gasteiger partial charge in [-0.05, 0) is 57.6 Å². The molecule has 1 aliphatic carbocycles. The van der Waals surface area contributed by atoms with Crippen LogP contribution in [0.5, 0.6) is 0 Å². The average Bonchev–Trinajstić information content (AvgIpc) is 3.81. The van der Waals surface area contributed by atoms with Crippen LogP contribution in [0.4, 0.5) is 0 Å². The van der Waals surface area contributed by atoms with E-state index in [2.05, 4.69) is 178 Å². The quantitative estimate of drug-likeness (QED) is 0.163. The van der Waals surface area contributed by atoms with Crippen molar-refractivity contribution in [3.05, 3.63) is 193 Å². The van der Waals surface area contributed by atoms with Gasteiger partial charge in [-0.3, -0.25) is 0 Å². The lowest BCUT2D eigenvalue weighted by Gasteiger charge is -2.21. The summed E-state index contributed by atoms with van der Waals surface area (Å²) in [6.45, 7) is 4.61. The molecule has 0 radical (unpaired) electrons. The third-order valence-corrected chi connectivity index (χ3v) is 13.5. The Hall–Kier alpha value is -7.34. The van der Waals surface area contributed by atoms with Gasteiger partial charge in [-0.15, -0.1) is 11.3 Å². The molecule has 12 rings (SSSR count).